The topological polar surface area (TPSA) is 102 Å². The zero-order valence-electron chi connectivity index (χ0n) is 35.0. The Balaban J connectivity index is 0.000000909. The molecule has 0 aromatic heterocycles. The van der Waals surface area contributed by atoms with Crippen molar-refractivity contribution in [3.05, 3.63) is 95.1 Å². The molecule has 0 saturated heterocycles. The molecule has 2 aromatic rings. The minimum Gasteiger partial charge on any atom is -0.374 e. The van der Waals surface area contributed by atoms with Crippen LogP contribution in [0.2, 0.25) is 0 Å². The number of ether oxygens (including phenoxy) is 1. The van der Waals surface area contributed by atoms with Crippen LogP contribution in [0.25, 0.3) is 0 Å². The molecular weight excluding hydrogens is 687 g/mol. The largest absolute Gasteiger partial charge is 0.374 e. The molecule has 3 unspecified atom stereocenters. The third kappa shape index (κ3) is 22.3. The van der Waals surface area contributed by atoms with Crippen LogP contribution in [0.4, 0.5) is 8.78 Å². The number of benzene rings is 2. The van der Waals surface area contributed by atoms with Crippen LogP contribution in [0.1, 0.15) is 139 Å². The summed E-state index contributed by atoms with van der Waals surface area (Å²) >= 11 is 0. The van der Waals surface area contributed by atoms with E-state index in [1.165, 1.54) is 31.4 Å². The van der Waals surface area contributed by atoms with Crippen LogP contribution in [-0.2, 0) is 30.5 Å². The summed E-state index contributed by atoms with van der Waals surface area (Å²) in [6.45, 7) is 23.2. The highest BCUT2D eigenvalue weighted by Gasteiger charge is 2.33. The van der Waals surface area contributed by atoms with Gasteiger partial charge >= 0.3 is 0 Å². The van der Waals surface area contributed by atoms with Crippen molar-refractivity contribution in [2.45, 2.75) is 146 Å². The Morgan fingerprint density at radius 3 is 2.02 bits per heavy atom. The average molecular weight is 755 g/mol. The lowest BCUT2D eigenvalue weighted by Crippen LogP contribution is -2.58. The molecule has 0 spiro atoms. The maximum atomic E-state index is 13.2. The number of rotatable bonds is 18. The number of amides is 2. The number of carbonyl (C=O) groups is 4. The SMILES string of the molecule is C/C=C\C(C)=C/C.CC(=O)C(COCc1ccccc1)NC(=O)C(C)(C)NC(=O)CC(C)(C)C.CCCC(C)CCCC(=O)C(C)c1ccc(F)c(F)c1. The van der Waals surface area contributed by atoms with E-state index in [2.05, 4.69) is 43.6 Å². The van der Waals surface area contributed by atoms with Gasteiger partial charge < -0.3 is 15.4 Å². The molecule has 0 heterocycles. The first-order chi connectivity index (χ1) is 25.2. The van der Waals surface area contributed by atoms with E-state index >= 15 is 0 Å². The Hall–Kier alpha value is -3.98. The second-order valence-corrected chi connectivity index (χ2v) is 15.7. The van der Waals surface area contributed by atoms with Gasteiger partial charge in [0, 0.05) is 18.8 Å². The fourth-order valence-corrected chi connectivity index (χ4v) is 5.20. The quantitative estimate of drug-likeness (QED) is 0.148. The summed E-state index contributed by atoms with van der Waals surface area (Å²) in [6.07, 6.45) is 11.3. The van der Waals surface area contributed by atoms with Gasteiger partial charge in [-0.1, -0.05) is 121 Å². The number of carbonyl (C=O) groups excluding carboxylic acids is 4. The van der Waals surface area contributed by atoms with Gasteiger partial charge in [0.2, 0.25) is 11.8 Å². The third-order valence-corrected chi connectivity index (χ3v) is 8.62. The summed E-state index contributed by atoms with van der Waals surface area (Å²) in [4.78, 5) is 48.7. The number of ketones is 2. The lowest BCUT2D eigenvalue weighted by Gasteiger charge is -2.29. The second-order valence-electron chi connectivity index (χ2n) is 15.7. The fourth-order valence-electron chi connectivity index (χ4n) is 5.20. The molecule has 3 atom stereocenters. The van der Waals surface area contributed by atoms with Crippen molar-refractivity contribution in [2.75, 3.05) is 6.61 Å². The Morgan fingerprint density at radius 2 is 1.52 bits per heavy atom. The highest BCUT2D eigenvalue weighted by molar-refractivity contribution is 5.94. The molecule has 0 aliphatic rings. The fraction of sp³-hybridized carbons (Fsp3) is 0.556. The van der Waals surface area contributed by atoms with Crippen molar-refractivity contribution in [1.82, 2.24) is 10.6 Å². The van der Waals surface area contributed by atoms with Gasteiger partial charge in [0.25, 0.3) is 0 Å². The molecule has 0 saturated carbocycles. The molecule has 7 nitrogen and oxygen atoms in total. The van der Waals surface area contributed by atoms with E-state index in [4.69, 9.17) is 4.74 Å². The predicted octanol–water partition coefficient (Wildman–Crippen LogP) is 10.4. The van der Waals surface area contributed by atoms with Crippen LogP contribution < -0.4 is 10.6 Å². The van der Waals surface area contributed by atoms with E-state index in [1.807, 2.05) is 71.0 Å². The lowest BCUT2D eigenvalue weighted by atomic mass is 9.91. The van der Waals surface area contributed by atoms with E-state index in [1.54, 1.807) is 20.8 Å². The third-order valence-electron chi connectivity index (χ3n) is 8.62. The Labute approximate surface area is 324 Å². The van der Waals surface area contributed by atoms with Crippen LogP contribution in [0.3, 0.4) is 0 Å². The molecule has 0 fully saturated rings. The maximum absolute atomic E-state index is 13.2. The number of Topliss-reactive ketones (excluding diaryl/α,β-unsaturated/α-hetero) is 2. The smallest absolute Gasteiger partial charge is 0.245 e. The Morgan fingerprint density at radius 1 is 0.889 bits per heavy atom. The first-order valence-corrected chi connectivity index (χ1v) is 19.1. The summed E-state index contributed by atoms with van der Waals surface area (Å²) < 4.78 is 31.6. The minimum atomic E-state index is -1.13. The van der Waals surface area contributed by atoms with E-state index < -0.39 is 29.1 Å². The van der Waals surface area contributed by atoms with Crippen molar-refractivity contribution in [2.24, 2.45) is 11.3 Å². The molecule has 302 valence electrons. The van der Waals surface area contributed by atoms with Gasteiger partial charge in [-0.3, -0.25) is 19.2 Å². The molecule has 2 amide bonds. The van der Waals surface area contributed by atoms with Gasteiger partial charge in [0.05, 0.1) is 13.2 Å². The van der Waals surface area contributed by atoms with Gasteiger partial charge in [-0.2, -0.15) is 0 Å². The van der Waals surface area contributed by atoms with Crippen molar-refractivity contribution in [1.29, 1.82) is 0 Å². The molecule has 0 radical (unpaired) electrons. The molecule has 54 heavy (non-hydrogen) atoms. The maximum Gasteiger partial charge on any atom is 0.245 e. The summed E-state index contributed by atoms with van der Waals surface area (Å²) in [5.74, 6) is -2.22. The van der Waals surface area contributed by atoms with Crippen molar-refractivity contribution < 1.29 is 32.7 Å². The molecule has 0 aliphatic heterocycles. The standard InChI is InChI=1S/C21H32N2O4.C17H24F2O.C7H12/c1-15(24)17(14-27-13-16-10-8-7-9-11-16)22-19(26)21(5,6)23-18(25)12-20(2,3)4;1-4-6-12(2)7-5-8-17(20)13(3)14-9-10-15(18)16(19)11-14;1-4-6-7(3)5-2/h7-11,17H,12-14H2,1-6H3,(H,22,26)(H,23,25);9-13H,4-8H2,1-3H3;4-6H,1-3H3/b;;6-4-,7-5-. The first kappa shape index (κ1) is 50.0. The molecule has 0 aliphatic carbocycles. The van der Waals surface area contributed by atoms with Gasteiger partial charge in [0.15, 0.2) is 17.4 Å². The van der Waals surface area contributed by atoms with Crippen LogP contribution >= 0.6 is 0 Å². The van der Waals surface area contributed by atoms with Crippen molar-refractivity contribution in [3.8, 4) is 0 Å². The molecular formula is C45H68F2N2O5. The summed E-state index contributed by atoms with van der Waals surface area (Å²) in [5.41, 5.74) is 1.55. The Bertz CT molecular complexity index is 1500. The van der Waals surface area contributed by atoms with Crippen LogP contribution in [0, 0.1) is 23.0 Å². The first-order valence-electron chi connectivity index (χ1n) is 19.1. The predicted molar refractivity (Wildman–Crippen MR) is 217 cm³/mol. The van der Waals surface area contributed by atoms with E-state index in [-0.39, 0.29) is 35.4 Å². The number of hydrogen-bond acceptors (Lipinski definition) is 5. The molecule has 0 bridgehead atoms. The summed E-state index contributed by atoms with van der Waals surface area (Å²) in [6, 6.07) is 12.5. The van der Waals surface area contributed by atoms with E-state index in [0.29, 0.717) is 30.9 Å². The highest BCUT2D eigenvalue weighted by Crippen LogP contribution is 2.23. The number of allylic oxidation sites excluding steroid dienone is 4. The van der Waals surface area contributed by atoms with Gasteiger partial charge in [-0.15, -0.1) is 0 Å². The zero-order valence-corrected chi connectivity index (χ0v) is 35.0. The lowest BCUT2D eigenvalue weighted by molar-refractivity contribution is -0.135. The molecule has 2 aromatic carbocycles. The summed E-state index contributed by atoms with van der Waals surface area (Å²) in [7, 11) is 0. The van der Waals surface area contributed by atoms with Gasteiger partial charge in [0.1, 0.15) is 17.4 Å². The van der Waals surface area contributed by atoms with Gasteiger partial charge in [-0.05, 0) is 82.6 Å². The van der Waals surface area contributed by atoms with E-state index in [0.717, 1.165) is 30.5 Å². The normalized spacial score (nSPS) is 13.4. The van der Waals surface area contributed by atoms with Crippen LogP contribution in [0.5, 0.6) is 0 Å². The summed E-state index contributed by atoms with van der Waals surface area (Å²) in [5, 5.41) is 5.42. The second kappa shape index (κ2) is 25.9. The zero-order chi connectivity index (χ0) is 41.5. The van der Waals surface area contributed by atoms with Crippen molar-refractivity contribution in [3.63, 3.8) is 0 Å². The highest BCUT2D eigenvalue weighted by atomic mass is 19.2. The monoisotopic (exact) mass is 755 g/mol. The van der Waals surface area contributed by atoms with E-state index in [9.17, 15) is 28.0 Å². The number of halogens is 2. The molecule has 9 heteroatoms. The minimum absolute atomic E-state index is 0.0714. The number of nitrogens with one attached hydrogen (secondary N) is 2. The van der Waals surface area contributed by atoms with Crippen LogP contribution in [0.15, 0.2) is 72.3 Å². The van der Waals surface area contributed by atoms with Gasteiger partial charge in [-0.25, -0.2) is 8.78 Å². The van der Waals surface area contributed by atoms with Crippen molar-refractivity contribution >= 4 is 23.4 Å². The molecule has 2 N–H and O–H groups in total. The Kier molecular flexibility index (Phi) is 24.0. The molecule has 2 rings (SSSR count). The number of hydrogen-bond donors (Lipinski definition) is 2. The average Bonchev–Trinajstić information content (AvgIpc) is 3.08. The van der Waals surface area contributed by atoms with Crippen LogP contribution in [-0.4, -0.2) is 41.6 Å².